The quantitative estimate of drug-likeness (QED) is 0.706. The Bertz CT molecular complexity index is 613. The van der Waals surface area contributed by atoms with Crippen molar-refractivity contribution in [1.82, 2.24) is 9.80 Å². The van der Waals surface area contributed by atoms with E-state index in [0.29, 0.717) is 26.2 Å². The highest BCUT2D eigenvalue weighted by atomic mass is 127. The second-order valence-corrected chi connectivity index (χ2v) is 8.56. The number of carbonyl (C=O) groups excluding carboxylic acids is 2. The van der Waals surface area contributed by atoms with Gasteiger partial charge in [0.1, 0.15) is 5.60 Å². The third-order valence-electron chi connectivity index (χ3n) is 3.83. The molecule has 1 heterocycles. The third kappa shape index (κ3) is 6.47. The number of hydrogen-bond donors (Lipinski definition) is 1. The number of ether oxygens (including phenoxy) is 1. The summed E-state index contributed by atoms with van der Waals surface area (Å²) in [5, 5.41) is 2.91. The van der Waals surface area contributed by atoms with Gasteiger partial charge in [0, 0.05) is 34.9 Å². The Hall–Kier alpha value is -1.35. The summed E-state index contributed by atoms with van der Waals surface area (Å²) >= 11 is 2.23. The number of amides is 2. The van der Waals surface area contributed by atoms with Crippen molar-refractivity contribution in [3.63, 3.8) is 0 Å². The lowest BCUT2D eigenvalue weighted by Crippen LogP contribution is -2.56. The fraction of sp³-hybridized carbons (Fsp3) is 0.556. The highest BCUT2D eigenvalue weighted by Crippen LogP contribution is 2.16. The van der Waals surface area contributed by atoms with Gasteiger partial charge in [0.2, 0.25) is 5.91 Å². The second-order valence-electron chi connectivity index (χ2n) is 7.31. The summed E-state index contributed by atoms with van der Waals surface area (Å²) in [6.07, 6.45) is -0.289. The first kappa shape index (κ1) is 20.0. The number of carbonyl (C=O) groups is 2. The molecule has 1 saturated heterocycles. The van der Waals surface area contributed by atoms with Crippen LogP contribution in [-0.2, 0) is 9.53 Å². The molecule has 0 aromatic heterocycles. The summed E-state index contributed by atoms with van der Waals surface area (Å²) in [5.74, 6) is -0.0425. The lowest BCUT2D eigenvalue weighted by molar-refractivity contribution is -0.117. The molecular formula is C18H26IN3O3. The highest BCUT2D eigenvalue weighted by Gasteiger charge is 2.31. The zero-order chi connectivity index (χ0) is 18.6. The zero-order valence-electron chi connectivity index (χ0n) is 15.2. The monoisotopic (exact) mass is 459 g/mol. The van der Waals surface area contributed by atoms with Gasteiger partial charge in [-0.25, -0.2) is 4.79 Å². The molecule has 0 bridgehead atoms. The first-order chi connectivity index (χ1) is 11.6. The van der Waals surface area contributed by atoms with Gasteiger partial charge in [-0.15, -0.1) is 0 Å². The Morgan fingerprint density at radius 3 is 2.44 bits per heavy atom. The Balaban J connectivity index is 1.83. The van der Waals surface area contributed by atoms with Crippen molar-refractivity contribution in [2.45, 2.75) is 39.3 Å². The number of anilines is 1. The van der Waals surface area contributed by atoms with Gasteiger partial charge in [-0.1, -0.05) is 0 Å². The standard InChI is InChI=1S/C18H26IN3O3/c1-13-11-21(9-10-22(13)17(24)25-18(2,3)4)12-16(23)20-15-7-5-14(19)6-8-15/h5-8,13H,9-12H2,1-4H3,(H,20,23)/t13-/m0/s1. The average molecular weight is 459 g/mol. The third-order valence-corrected chi connectivity index (χ3v) is 4.55. The van der Waals surface area contributed by atoms with Gasteiger partial charge in [0.05, 0.1) is 6.54 Å². The molecule has 1 aliphatic rings. The van der Waals surface area contributed by atoms with Gasteiger partial charge in [-0.2, -0.15) is 0 Å². The number of piperazine rings is 1. The second kappa shape index (κ2) is 8.35. The number of rotatable bonds is 3. The number of nitrogens with one attached hydrogen (secondary N) is 1. The van der Waals surface area contributed by atoms with Crippen molar-refractivity contribution in [3.05, 3.63) is 27.8 Å². The lowest BCUT2D eigenvalue weighted by Gasteiger charge is -2.39. The molecule has 1 aromatic rings. The van der Waals surface area contributed by atoms with Crippen molar-refractivity contribution in [3.8, 4) is 0 Å². The van der Waals surface area contributed by atoms with E-state index in [4.69, 9.17) is 4.74 Å². The predicted molar refractivity (Wildman–Crippen MR) is 107 cm³/mol. The first-order valence-corrected chi connectivity index (χ1v) is 9.49. The van der Waals surface area contributed by atoms with Crippen LogP contribution in [0.4, 0.5) is 10.5 Å². The maximum Gasteiger partial charge on any atom is 0.410 e. The van der Waals surface area contributed by atoms with E-state index in [0.717, 1.165) is 9.26 Å². The van der Waals surface area contributed by atoms with Crippen LogP contribution in [0.25, 0.3) is 0 Å². The van der Waals surface area contributed by atoms with Gasteiger partial charge in [0.15, 0.2) is 0 Å². The van der Waals surface area contributed by atoms with E-state index in [2.05, 4.69) is 32.8 Å². The fourth-order valence-electron chi connectivity index (χ4n) is 2.71. The van der Waals surface area contributed by atoms with E-state index < -0.39 is 5.60 Å². The molecule has 1 fully saturated rings. The topological polar surface area (TPSA) is 61.9 Å². The molecule has 2 amide bonds. The maximum absolute atomic E-state index is 12.2. The van der Waals surface area contributed by atoms with Gasteiger partial charge in [0.25, 0.3) is 0 Å². The molecule has 0 radical (unpaired) electrons. The Morgan fingerprint density at radius 2 is 1.88 bits per heavy atom. The number of benzene rings is 1. The SMILES string of the molecule is C[C@H]1CN(CC(=O)Nc2ccc(I)cc2)CCN1C(=O)OC(C)(C)C. The van der Waals surface area contributed by atoms with E-state index >= 15 is 0 Å². The van der Waals surface area contributed by atoms with Crippen LogP contribution in [0.15, 0.2) is 24.3 Å². The Kier molecular flexibility index (Phi) is 6.67. The molecule has 7 heteroatoms. The van der Waals surface area contributed by atoms with Crippen LogP contribution in [0.3, 0.4) is 0 Å². The molecule has 1 N–H and O–H groups in total. The first-order valence-electron chi connectivity index (χ1n) is 8.41. The largest absolute Gasteiger partial charge is 0.444 e. The molecule has 2 rings (SSSR count). The van der Waals surface area contributed by atoms with Crippen molar-refractivity contribution >= 4 is 40.3 Å². The number of nitrogens with zero attached hydrogens (tertiary/aromatic N) is 2. The average Bonchev–Trinajstić information content (AvgIpc) is 2.47. The predicted octanol–water partition coefficient (Wildman–Crippen LogP) is 3.17. The highest BCUT2D eigenvalue weighted by molar-refractivity contribution is 14.1. The molecule has 0 spiro atoms. The normalized spacial score (nSPS) is 18.8. The van der Waals surface area contributed by atoms with Gasteiger partial charge in [-0.05, 0) is 74.6 Å². The smallest absolute Gasteiger partial charge is 0.410 e. The molecule has 1 aromatic carbocycles. The minimum Gasteiger partial charge on any atom is -0.444 e. The van der Waals surface area contributed by atoms with Gasteiger partial charge < -0.3 is 15.0 Å². The molecule has 1 atom stereocenters. The molecule has 6 nitrogen and oxygen atoms in total. The number of halogens is 1. The van der Waals surface area contributed by atoms with Crippen molar-refractivity contribution < 1.29 is 14.3 Å². The molecule has 0 unspecified atom stereocenters. The summed E-state index contributed by atoms with van der Waals surface area (Å²) in [4.78, 5) is 28.2. The van der Waals surface area contributed by atoms with Crippen LogP contribution in [0, 0.1) is 3.57 Å². The number of hydrogen-bond acceptors (Lipinski definition) is 4. The summed E-state index contributed by atoms with van der Waals surface area (Å²) < 4.78 is 6.57. The van der Waals surface area contributed by atoms with Crippen LogP contribution >= 0.6 is 22.6 Å². The van der Waals surface area contributed by atoms with Crippen LogP contribution in [0.2, 0.25) is 0 Å². The minimum absolute atomic E-state index is 0.00898. The van der Waals surface area contributed by atoms with Gasteiger partial charge in [-0.3, -0.25) is 9.69 Å². The molecule has 1 aliphatic heterocycles. The van der Waals surface area contributed by atoms with E-state index in [1.165, 1.54) is 0 Å². The van der Waals surface area contributed by atoms with Crippen LogP contribution in [-0.4, -0.2) is 59.6 Å². The van der Waals surface area contributed by atoms with Crippen LogP contribution < -0.4 is 5.32 Å². The molecule has 0 saturated carbocycles. The molecule has 25 heavy (non-hydrogen) atoms. The van der Waals surface area contributed by atoms with Crippen LogP contribution in [0.5, 0.6) is 0 Å². The summed E-state index contributed by atoms with van der Waals surface area (Å²) in [7, 11) is 0. The molecule has 138 valence electrons. The van der Waals surface area contributed by atoms with Gasteiger partial charge >= 0.3 is 6.09 Å². The minimum atomic E-state index is -0.499. The lowest BCUT2D eigenvalue weighted by atomic mass is 10.2. The molecule has 0 aliphatic carbocycles. The summed E-state index contributed by atoms with van der Waals surface area (Å²) in [6, 6.07) is 7.70. The van der Waals surface area contributed by atoms with Crippen molar-refractivity contribution in [2.24, 2.45) is 0 Å². The Labute approximate surface area is 163 Å². The van der Waals surface area contributed by atoms with E-state index in [9.17, 15) is 9.59 Å². The maximum atomic E-state index is 12.2. The fourth-order valence-corrected chi connectivity index (χ4v) is 3.06. The van der Waals surface area contributed by atoms with E-state index in [-0.39, 0.29) is 18.0 Å². The molecular weight excluding hydrogens is 433 g/mol. The van der Waals surface area contributed by atoms with E-state index in [1.807, 2.05) is 52.0 Å². The summed E-state index contributed by atoms with van der Waals surface area (Å²) in [6.45, 7) is 9.75. The van der Waals surface area contributed by atoms with Crippen LogP contribution in [0.1, 0.15) is 27.7 Å². The van der Waals surface area contributed by atoms with Crippen molar-refractivity contribution in [2.75, 3.05) is 31.5 Å². The summed E-state index contributed by atoms with van der Waals surface area (Å²) in [5.41, 5.74) is 0.298. The Morgan fingerprint density at radius 1 is 1.24 bits per heavy atom. The zero-order valence-corrected chi connectivity index (χ0v) is 17.4. The van der Waals surface area contributed by atoms with Crippen molar-refractivity contribution in [1.29, 1.82) is 0 Å². The van der Waals surface area contributed by atoms with E-state index in [1.54, 1.807) is 4.90 Å².